The Bertz CT molecular complexity index is 621. The standard InChI is InChI=1S/C20H31N3O2/c1-4-23-11-10-21-19(23)18-16(7-12-25-18)14-22-17(24)13-15-5-8-20(2,3)9-6-15/h10-11,13,16,18H,4-9,12,14H2,1-3H3,(H,22,24)/t16-,18+/m0/s1. The van der Waals surface area contributed by atoms with Crippen LogP contribution in [0.4, 0.5) is 0 Å². The Balaban J connectivity index is 1.53. The average Bonchev–Trinajstić information content (AvgIpc) is 3.22. The lowest BCUT2D eigenvalue weighted by molar-refractivity contribution is -0.116. The molecular formula is C20H31N3O2. The van der Waals surface area contributed by atoms with Crippen LogP contribution in [0.2, 0.25) is 0 Å². The van der Waals surface area contributed by atoms with E-state index < -0.39 is 0 Å². The Hall–Kier alpha value is -1.62. The van der Waals surface area contributed by atoms with Crippen LogP contribution in [0, 0.1) is 11.3 Å². The molecule has 1 amide bonds. The number of amides is 1. The van der Waals surface area contributed by atoms with Gasteiger partial charge in [-0.05, 0) is 44.4 Å². The summed E-state index contributed by atoms with van der Waals surface area (Å²) in [6, 6.07) is 0. The van der Waals surface area contributed by atoms with Crippen LogP contribution in [0.3, 0.4) is 0 Å². The first-order chi connectivity index (χ1) is 12.0. The molecule has 5 nitrogen and oxygen atoms in total. The zero-order chi connectivity index (χ0) is 17.9. The van der Waals surface area contributed by atoms with Gasteiger partial charge in [-0.15, -0.1) is 0 Å². The second kappa shape index (κ2) is 7.73. The van der Waals surface area contributed by atoms with E-state index in [1.54, 1.807) is 0 Å². The van der Waals surface area contributed by atoms with E-state index in [9.17, 15) is 4.79 Å². The Labute approximate surface area is 150 Å². The smallest absolute Gasteiger partial charge is 0.243 e. The topological polar surface area (TPSA) is 56.1 Å². The SMILES string of the molecule is CCn1ccnc1[C@@H]1OCC[C@H]1CNC(=O)C=C1CCC(C)(C)CC1. The van der Waals surface area contributed by atoms with Crippen molar-refractivity contribution in [2.45, 2.75) is 65.5 Å². The molecule has 1 aliphatic carbocycles. The summed E-state index contributed by atoms with van der Waals surface area (Å²) >= 11 is 0. The number of carbonyl (C=O) groups excluding carboxylic acids is 1. The van der Waals surface area contributed by atoms with Crippen LogP contribution in [0.25, 0.3) is 0 Å². The first-order valence-electron chi connectivity index (χ1n) is 9.58. The van der Waals surface area contributed by atoms with Gasteiger partial charge in [-0.25, -0.2) is 4.98 Å². The lowest BCUT2D eigenvalue weighted by Crippen LogP contribution is -2.30. The summed E-state index contributed by atoms with van der Waals surface area (Å²) in [7, 11) is 0. The van der Waals surface area contributed by atoms with Crippen molar-refractivity contribution in [1.82, 2.24) is 14.9 Å². The van der Waals surface area contributed by atoms with E-state index in [1.807, 2.05) is 18.5 Å². The highest BCUT2D eigenvalue weighted by Crippen LogP contribution is 2.37. The molecule has 2 fully saturated rings. The number of aryl methyl sites for hydroxylation is 1. The molecule has 3 rings (SSSR count). The van der Waals surface area contributed by atoms with Crippen LogP contribution < -0.4 is 5.32 Å². The minimum atomic E-state index is -0.0154. The summed E-state index contributed by atoms with van der Waals surface area (Å²) in [4.78, 5) is 16.8. The minimum absolute atomic E-state index is 0.0154. The molecule has 1 aromatic rings. The van der Waals surface area contributed by atoms with Crippen LogP contribution in [0.1, 0.15) is 64.8 Å². The van der Waals surface area contributed by atoms with Crippen molar-refractivity contribution in [2.24, 2.45) is 11.3 Å². The molecule has 2 heterocycles. The maximum Gasteiger partial charge on any atom is 0.243 e. The predicted octanol–water partition coefficient (Wildman–Crippen LogP) is 3.62. The van der Waals surface area contributed by atoms with Gasteiger partial charge in [0.05, 0.1) is 0 Å². The number of aromatic nitrogens is 2. The molecule has 1 aromatic heterocycles. The van der Waals surface area contributed by atoms with Crippen molar-refractivity contribution < 1.29 is 9.53 Å². The van der Waals surface area contributed by atoms with E-state index in [0.29, 0.717) is 17.9 Å². The quantitative estimate of drug-likeness (QED) is 0.829. The second-order valence-corrected chi connectivity index (χ2v) is 8.12. The minimum Gasteiger partial charge on any atom is -0.370 e. The molecule has 1 N–H and O–H groups in total. The van der Waals surface area contributed by atoms with Gasteiger partial charge in [-0.2, -0.15) is 0 Å². The maximum atomic E-state index is 12.3. The van der Waals surface area contributed by atoms with Gasteiger partial charge in [-0.3, -0.25) is 4.79 Å². The largest absolute Gasteiger partial charge is 0.370 e. The number of allylic oxidation sites excluding steroid dienone is 1. The molecule has 5 heteroatoms. The van der Waals surface area contributed by atoms with Crippen LogP contribution in [-0.2, 0) is 16.1 Å². The van der Waals surface area contributed by atoms with Gasteiger partial charge in [0.15, 0.2) is 0 Å². The Kier molecular flexibility index (Phi) is 5.62. The van der Waals surface area contributed by atoms with Crippen molar-refractivity contribution in [3.05, 3.63) is 29.9 Å². The highest BCUT2D eigenvalue weighted by Gasteiger charge is 2.32. The summed E-state index contributed by atoms with van der Waals surface area (Å²) in [5.41, 5.74) is 1.71. The first kappa shape index (κ1) is 18.2. The van der Waals surface area contributed by atoms with E-state index in [0.717, 1.165) is 38.2 Å². The predicted molar refractivity (Wildman–Crippen MR) is 98.0 cm³/mol. The molecule has 0 spiro atoms. The molecule has 25 heavy (non-hydrogen) atoms. The molecule has 1 saturated heterocycles. The van der Waals surface area contributed by atoms with E-state index >= 15 is 0 Å². The Morgan fingerprint density at radius 2 is 2.20 bits per heavy atom. The van der Waals surface area contributed by atoms with Crippen LogP contribution in [0.5, 0.6) is 0 Å². The molecular weight excluding hydrogens is 314 g/mol. The highest BCUT2D eigenvalue weighted by atomic mass is 16.5. The number of carbonyl (C=O) groups is 1. The third kappa shape index (κ3) is 4.51. The van der Waals surface area contributed by atoms with Crippen molar-refractivity contribution in [2.75, 3.05) is 13.2 Å². The second-order valence-electron chi connectivity index (χ2n) is 8.12. The van der Waals surface area contributed by atoms with E-state index in [2.05, 4.69) is 35.6 Å². The zero-order valence-corrected chi connectivity index (χ0v) is 15.8. The zero-order valence-electron chi connectivity index (χ0n) is 15.8. The maximum absolute atomic E-state index is 12.3. The van der Waals surface area contributed by atoms with Crippen molar-refractivity contribution in [3.63, 3.8) is 0 Å². The summed E-state index contributed by atoms with van der Waals surface area (Å²) in [6.07, 6.45) is 11.0. The number of hydrogen-bond acceptors (Lipinski definition) is 3. The fraction of sp³-hybridized carbons (Fsp3) is 0.700. The molecule has 0 unspecified atom stereocenters. The van der Waals surface area contributed by atoms with Crippen LogP contribution in [-0.4, -0.2) is 28.6 Å². The lowest BCUT2D eigenvalue weighted by atomic mass is 9.75. The van der Waals surface area contributed by atoms with Crippen molar-refractivity contribution in [3.8, 4) is 0 Å². The number of nitrogens with zero attached hydrogens (tertiary/aromatic N) is 2. The Morgan fingerprint density at radius 3 is 2.92 bits per heavy atom. The van der Waals surface area contributed by atoms with E-state index in [-0.39, 0.29) is 12.0 Å². The molecule has 138 valence electrons. The van der Waals surface area contributed by atoms with Gasteiger partial charge in [0.1, 0.15) is 11.9 Å². The van der Waals surface area contributed by atoms with Gasteiger partial charge >= 0.3 is 0 Å². The van der Waals surface area contributed by atoms with Crippen LogP contribution in [0.15, 0.2) is 24.0 Å². The van der Waals surface area contributed by atoms with E-state index in [4.69, 9.17) is 4.74 Å². The van der Waals surface area contributed by atoms with Crippen molar-refractivity contribution in [1.29, 1.82) is 0 Å². The number of rotatable bonds is 5. The Morgan fingerprint density at radius 1 is 1.44 bits per heavy atom. The molecule has 1 aliphatic heterocycles. The fourth-order valence-corrected chi connectivity index (χ4v) is 3.83. The number of imidazole rings is 1. The number of hydrogen-bond donors (Lipinski definition) is 1. The van der Waals surface area contributed by atoms with Crippen molar-refractivity contribution >= 4 is 5.91 Å². The van der Waals surface area contributed by atoms with Crippen LogP contribution >= 0.6 is 0 Å². The van der Waals surface area contributed by atoms with Gasteiger partial charge in [0, 0.05) is 44.1 Å². The number of nitrogens with one attached hydrogen (secondary N) is 1. The average molecular weight is 345 g/mol. The summed E-state index contributed by atoms with van der Waals surface area (Å²) in [6.45, 7) is 8.99. The summed E-state index contributed by atoms with van der Waals surface area (Å²) < 4.78 is 8.03. The van der Waals surface area contributed by atoms with Gasteiger partial charge in [0.25, 0.3) is 0 Å². The molecule has 1 saturated carbocycles. The monoisotopic (exact) mass is 345 g/mol. The molecule has 0 aromatic carbocycles. The van der Waals surface area contributed by atoms with Gasteiger partial charge in [-0.1, -0.05) is 19.4 Å². The fourth-order valence-electron chi connectivity index (χ4n) is 3.83. The molecule has 0 bridgehead atoms. The first-order valence-corrected chi connectivity index (χ1v) is 9.58. The van der Waals surface area contributed by atoms with E-state index in [1.165, 1.54) is 18.4 Å². The lowest BCUT2D eigenvalue weighted by Gasteiger charge is -2.30. The van der Waals surface area contributed by atoms with Gasteiger partial charge in [0.2, 0.25) is 5.91 Å². The summed E-state index contributed by atoms with van der Waals surface area (Å²) in [5.74, 6) is 1.31. The molecule has 2 aliphatic rings. The summed E-state index contributed by atoms with van der Waals surface area (Å²) in [5, 5.41) is 3.09. The third-order valence-electron chi connectivity index (χ3n) is 5.68. The third-order valence-corrected chi connectivity index (χ3v) is 5.68. The number of ether oxygens (including phenoxy) is 1. The molecule has 2 atom stereocenters. The molecule has 0 radical (unpaired) electrons. The normalized spacial score (nSPS) is 25.8. The van der Waals surface area contributed by atoms with Gasteiger partial charge < -0.3 is 14.6 Å². The highest BCUT2D eigenvalue weighted by molar-refractivity contribution is 5.88.